The van der Waals surface area contributed by atoms with Crippen LogP contribution >= 0.6 is 0 Å². The number of fused-ring (bicyclic) bond motifs is 2. The van der Waals surface area contributed by atoms with Gasteiger partial charge in [-0.1, -0.05) is 19.8 Å². The highest BCUT2D eigenvalue weighted by atomic mass is 16.6. The van der Waals surface area contributed by atoms with Crippen molar-refractivity contribution in [1.29, 1.82) is 0 Å². The number of hydrogen-bond acceptors (Lipinski definition) is 2. The van der Waals surface area contributed by atoms with Crippen LogP contribution in [-0.2, 0) is 9.53 Å². The summed E-state index contributed by atoms with van der Waals surface area (Å²) < 4.78 is 5.54. The Bertz CT molecular complexity index is 277. The van der Waals surface area contributed by atoms with E-state index < -0.39 is 0 Å². The van der Waals surface area contributed by atoms with Crippen LogP contribution in [0.3, 0.4) is 0 Å². The van der Waals surface area contributed by atoms with Gasteiger partial charge in [0, 0.05) is 0 Å². The molecule has 0 aromatic carbocycles. The van der Waals surface area contributed by atoms with Gasteiger partial charge in [0.15, 0.2) is 0 Å². The molecule has 2 aliphatic carbocycles. The van der Waals surface area contributed by atoms with E-state index >= 15 is 0 Å². The van der Waals surface area contributed by atoms with E-state index in [-0.39, 0.29) is 17.5 Å². The van der Waals surface area contributed by atoms with Gasteiger partial charge < -0.3 is 4.74 Å². The average molecular weight is 224 g/mol. The second-order valence-electron chi connectivity index (χ2n) is 6.70. The van der Waals surface area contributed by atoms with Crippen molar-refractivity contribution in [2.24, 2.45) is 23.7 Å². The van der Waals surface area contributed by atoms with Crippen LogP contribution in [-0.4, -0.2) is 11.6 Å². The molecule has 2 fully saturated rings. The molecule has 0 radical (unpaired) electrons. The molecule has 16 heavy (non-hydrogen) atoms. The zero-order chi connectivity index (χ0) is 11.9. The van der Waals surface area contributed by atoms with Crippen LogP contribution < -0.4 is 0 Å². The first kappa shape index (κ1) is 11.9. The van der Waals surface area contributed by atoms with E-state index in [9.17, 15) is 4.79 Å². The number of carbonyl (C=O) groups is 1. The number of esters is 1. The molecule has 2 bridgehead atoms. The van der Waals surface area contributed by atoms with Crippen molar-refractivity contribution in [3.63, 3.8) is 0 Å². The Labute approximate surface area is 98.7 Å². The largest absolute Gasteiger partial charge is 0.460 e. The van der Waals surface area contributed by atoms with Gasteiger partial charge in [-0.3, -0.25) is 4.79 Å². The van der Waals surface area contributed by atoms with Crippen LogP contribution in [0.25, 0.3) is 0 Å². The van der Waals surface area contributed by atoms with Gasteiger partial charge in [-0.15, -0.1) is 0 Å². The summed E-state index contributed by atoms with van der Waals surface area (Å²) >= 11 is 0. The zero-order valence-corrected chi connectivity index (χ0v) is 11.0. The van der Waals surface area contributed by atoms with Crippen molar-refractivity contribution >= 4 is 5.97 Å². The van der Waals surface area contributed by atoms with Crippen LogP contribution in [0.5, 0.6) is 0 Å². The summed E-state index contributed by atoms with van der Waals surface area (Å²) in [5.74, 6) is 2.32. The SMILES string of the molecule is CC1CCC2CC(C(=O)OC(C)(C)C)C1C2. The Morgan fingerprint density at radius 3 is 2.50 bits per heavy atom. The molecule has 2 saturated carbocycles. The minimum Gasteiger partial charge on any atom is -0.460 e. The van der Waals surface area contributed by atoms with E-state index in [4.69, 9.17) is 4.74 Å². The molecule has 92 valence electrons. The maximum Gasteiger partial charge on any atom is 0.309 e. The first-order valence-electron chi connectivity index (χ1n) is 6.59. The molecule has 0 aromatic heterocycles. The predicted molar refractivity (Wildman–Crippen MR) is 63.9 cm³/mol. The number of rotatable bonds is 1. The molecule has 0 aromatic rings. The highest BCUT2D eigenvalue weighted by Crippen LogP contribution is 2.49. The molecule has 2 nitrogen and oxygen atoms in total. The second kappa shape index (κ2) is 4.05. The van der Waals surface area contributed by atoms with E-state index in [1.165, 1.54) is 19.3 Å². The van der Waals surface area contributed by atoms with Crippen LogP contribution in [0.15, 0.2) is 0 Å². The lowest BCUT2D eigenvalue weighted by Gasteiger charge is -2.29. The molecule has 4 atom stereocenters. The maximum atomic E-state index is 12.1. The molecular weight excluding hydrogens is 200 g/mol. The van der Waals surface area contributed by atoms with Crippen molar-refractivity contribution in [2.45, 2.75) is 59.0 Å². The van der Waals surface area contributed by atoms with Gasteiger partial charge in [0.05, 0.1) is 5.92 Å². The Morgan fingerprint density at radius 2 is 1.88 bits per heavy atom. The zero-order valence-electron chi connectivity index (χ0n) is 11.0. The average Bonchev–Trinajstić information content (AvgIpc) is 2.49. The smallest absolute Gasteiger partial charge is 0.309 e. The van der Waals surface area contributed by atoms with Gasteiger partial charge in [0.25, 0.3) is 0 Å². The van der Waals surface area contributed by atoms with E-state index in [1.807, 2.05) is 20.8 Å². The van der Waals surface area contributed by atoms with Crippen molar-refractivity contribution in [3.05, 3.63) is 0 Å². The summed E-state index contributed by atoms with van der Waals surface area (Å²) in [6, 6.07) is 0. The van der Waals surface area contributed by atoms with Crippen molar-refractivity contribution in [2.75, 3.05) is 0 Å². The third kappa shape index (κ3) is 2.41. The minimum absolute atomic E-state index is 0.0498. The van der Waals surface area contributed by atoms with E-state index in [0.29, 0.717) is 11.8 Å². The second-order valence-corrected chi connectivity index (χ2v) is 6.70. The Kier molecular flexibility index (Phi) is 3.02. The summed E-state index contributed by atoms with van der Waals surface area (Å²) in [5, 5.41) is 0. The maximum absolute atomic E-state index is 12.1. The molecule has 2 aliphatic rings. The number of hydrogen-bond donors (Lipinski definition) is 0. The Balaban J connectivity index is 2.02. The van der Waals surface area contributed by atoms with E-state index in [1.54, 1.807) is 0 Å². The van der Waals surface area contributed by atoms with Gasteiger partial charge in [-0.05, 0) is 51.4 Å². The number of ether oxygens (including phenoxy) is 1. The molecule has 2 heteroatoms. The number of carbonyl (C=O) groups excluding carboxylic acids is 1. The first-order chi connectivity index (χ1) is 7.37. The van der Waals surface area contributed by atoms with Crippen molar-refractivity contribution in [1.82, 2.24) is 0 Å². The van der Waals surface area contributed by atoms with Crippen LogP contribution in [0, 0.1) is 23.7 Å². The quantitative estimate of drug-likeness (QED) is 0.638. The minimum atomic E-state index is -0.336. The summed E-state index contributed by atoms with van der Waals surface area (Å²) in [6.07, 6.45) is 4.95. The summed E-state index contributed by atoms with van der Waals surface area (Å²) in [7, 11) is 0. The normalized spacial score (nSPS) is 38.5. The van der Waals surface area contributed by atoms with Crippen LogP contribution in [0.1, 0.15) is 53.4 Å². The lowest BCUT2D eigenvalue weighted by Crippen LogP contribution is -2.32. The van der Waals surface area contributed by atoms with Gasteiger partial charge in [0.2, 0.25) is 0 Å². The fourth-order valence-electron chi connectivity index (χ4n) is 3.41. The summed E-state index contributed by atoms with van der Waals surface area (Å²) in [5.41, 5.74) is -0.336. The highest BCUT2D eigenvalue weighted by Gasteiger charge is 2.45. The lowest BCUT2D eigenvalue weighted by atomic mass is 9.79. The van der Waals surface area contributed by atoms with Crippen LogP contribution in [0.4, 0.5) is 0 Å². The molecule has 0 saturated heterocycles. The highest BCUT2D eigenvalue weighted by molar-refractivity contribution is 5.73. The molecule has 0 spiro atoms. The van der Waals surface area contributed by atoms with Crippen molar-refractivity contribution in [3.8, 4) is 0 Å². The third-order valence-corrected chi connectivity index (χ3v) is 4.18. The van der Waals surface area contributed by atoms with Gasteiger partial charge >= 0.3 is 5.97 Å². The van der Waals surface area contributed by atoms with E-state index in [0.717, 1.165) is 12.3 Å². The molecule has 2 rings (SSSR count). The van der Waals surface area contributed by atoms with Gasteiger partial charge in [-0.2, -0.15) is 0 Å². The predicted octanol–water partition coefficient (Wildman–Crippen LogP) is 3.40. The Morgan fingerprint density at radius 1 is 1.19 bits per heavy atom. The molecule has 0 amide bonds. The molecular formula is C14H24O2. The monoisotopic (exact) mass is 224 g/mol. The fraction of sp³-hybridized carbons (Fsp3) is 0.929. The van der Waals surface area contributed by atoms with E-state index in [2.05, 4.69) is 6.92 Å². The third-order valence-electron chi connectivity index (χ3n) is 4.18. The van der Waals surface area contributed by atoms with Gasteiger partial charge in [-0.25, -0.2) is 0 Å². The molecule has 0 N–H and O–H groups in total. The molecule has 0 heterocycles. The van der Waals surface area contributed by atoms with Crippen molar-refractivity contribution < 1.29 is 9.53 Å². The summed E-state index contributed by atoms with van der Waals surface area (Å²) in [6.45, 7) is 8.16. The Hall–Kier alpha value is -0.530. The fourth-order valence-corrected chi connectivity index (χ4v) is 3.41. The van der Waals surface area contributed by atoms with Gasteiger partial charge in [0.1, 0.15) is 5.60 Å². The van der Waals surface area contributed by atoms with Crippen LogP contribution in [0.2, 0.25) is 0 Å². The standard InChI is InChI=1S/C14H24O2/c1-9-5-6-10-7-11(9)12(8-10)13(15)16-14(2,3)4/h9-12H,5-8H2,1-4H3. The first-order valence-corrected chi connectivity index (χ1v) is 6.59. The molecule has 0 aliphatic heterocycles. The summed E-state index contributed by atoms with van der Waals surface area (Å²) in [4.78, 5) is 12.1. The lowest BCUT2D eigenvalue weighted by molar-refractivity contribution is -0.161. The topological polar surface area (TPSA) is 26.3 Å². The molecule has 4 unspecified atom stereocenters.